The maximum absolute atomic E-state index is 11.6. The number of carbonyl (C=O) groups excluding carboxylic acids is 2. The molecule has 0 aliphatic carbocycles. The number of cyclic esters (lactones) is 1. The molecule has 4 nitrogen and oxygen atoms in total. The Labute approximate surface area is 93.8 Å². The zero-order chi connectivity index (χ0) is 11.5. The third kappa shape index (κ3) is 1.91. The molecule has 0 spiro atoms. The number of anilines is 1. The summed E-state index contributed by atoms with van der Waals surface area (Å²) >= 11 is 0. The molecule has 0 saturated carbocycles. The van der Waals surface area contributed by atoms with E-state index in [1.165, 1.54) is 11.8 Å². The van der Waals surface area contributed by atoms with E-state index in [4.69, 9.17) is 4.74 Å². The van der Waals surface area contributed by atoms with Crippen LogP contribution in [0.15, 0.2) is 24.3 Å². The summed E-state index contributed by atoms with van der Waals surface area (Å²) in [5, 5.41) is 0. The molecule has 2 rings (SSSR count). The van der Waals surface area contributed by atoms with Gasteiger partial charge in [0.15, 0.2) is 5.78 Å². The van der Waals surface area contributed by atoms with E-state index in [1.54, 1.807) is 18.2 Å². The molecule has 0 unspecified atom stereocenters. The van der Waals surface area contributed by atoms with Crippen LogP contribution >= 0.6 is 0 Å². The number of hydrogen-bond donors (Lipinski definition) is 0. The minimum absolute atomic E-state index is 0.0472. The molecular weight excluding hydrogens is 206 g/mol. The largest absolute Gasteiger partial charge is 0.449 e. The molecule has 1 aromatic rings. The van der Waals surface area contributed by atoms with Crippen molar-refractivity contribution >= 4 is 17.6 Å². The molecule has 1 aromatic carbocycles. The van der Waals surface area contributed by atoms with Gasteiger partial charge in [-0.2, -0.15) is 0 Å². The molecule has 4 heteroatoms. The highest BCUT2D eigenvalue weighted by Gasteiger charge is 2.24. The fourth-order valence-electron chi connectivity index (χ4n) is 1.78. The fourth-order valence-corrected chi connectivity index (χ4v) is 1.78. The summed E-state index contributed by atoms with van der Waals surface area (Å²) in [5.41, 5.74) is 1.20. The van der Waals surface area contributed by atoms with Gasteiger partial charge in [0, 0.05) is 12.1 Å². The quantitative estimate of drug-likeness (QED) is 0.716. The first-order valence-corrected chi connectivity index (χ1v) is 5.24. The van der Waals surface area contributed by atoms with Gasteiger partial charge in [-0.3, -0.25) is 9.69 Å². The predicted octanol–water partition coefficient (Wildman–Crippen LogP) is 2.24. The Bertz CT molecular complexity index is 428. The van der Waals surface area contributed by atoms with Gasteiger partial charge in [0.1, 0.15) is 0 Å². The first-order chi connectivity index (χ1) is 7.70. The summed E-state index contributed by atoms with van der Waals surface area (Å²) < 4.78 is 4.96. The lowest BCUT2D eigenvalue weighted by atomic mass is 10.1. The maximum atomic E-state index is 11.6. The summed E-state index contributed by atoms with van der Waals surface area (Å²) in [5.74, 6) is -0.0472. The number of nitrogens with zero attached hydrogens (tertiary/aromatic N) is 1. The zero-order valence-corrected chi connectivity index (χ0v) is 9.10. The van der Waals surface area contributed by atoms with Gasteiger partial charge >= 0.3 is 6.09 Å². The zero-order valence-electron chi connectivity index (χ0n) is 9.10. The summed E-state index contributed by atoms with van der Waals surface area (Å²) in [6, 6.07) is 7.09. The number of ketones is 1. The first-order valence-electron chi connectivity index (χ1n) is 5.24. The lowest BCUT2D eigenvalue weighted by Crippen LogP contribution is -2.38. The third-order valence-corrected chi connectivity index (χ3v) is 2.55. The molecule has 1 aliphatic rings. The minimum Gasteiger partial charge on any atom is -0.449 e. The van der Waals surface area contributed by atoms with Crippen LogP contribution in [0.1, 0.15) is 23.7 Å². The average Bonchev–Trinajstić information content (AvgIpc) is 2.29. The van der Waals surface area contributed by atoms with Crippen molar-refractivity contribution in [1.82, 2.24) is 0 Å². The van der Waals surface area contributed by atoms with Crippen LogP contribution in [0.2, 0.25) is 0 Å². The lowest BCUT2D eigenvalue weighted by molar-refractivity contribution is 0.101. The molecule has 84 valence electrons. The van der Waals surface area contributed by atoms with E-state index in [0.717, 1.165) is 6.42 Å². The van der Waals surface area contributed by atoms with Gasteiger partial charge in [-0.05, 0) is 25.5 Å². The van der Waals surface area contributed by atoms with Crippen LogP contribution in [-0.2, 0) is 4.74 Å². The molecule has 0 bridgehead atoms. The molecule has 1 aliphatic heterocycles. The molecule has 1 fully saturated rings. The van der Waals surface area contributed by atoms with Crippen molar-refractivity contribution < 1.29 is 14.3 Å². The minimum atomic E-state index is -0.375. The van der Waals surface area contributed by atoms with Gasteiger partial charge in [0.05, 0.1) is 12.3 Å². The Kier molecular flexibility index (Phi) is 2.90. The van der Waals surface area contributed by atoms with E-state index in [9.17, 15) is 9.59 Å². The number of rotatable bonds is 2. The number of hydrogen-bond acceptors (Lipinski definition) is 3. The highest BCUT2D eigenvalue weighted by atomic mass is 16.6. The topological polar surface area (TPSA) is 46.6 Å². The number of benzene rings is 1. The van der Waals surface area contributed by atoms with Crippen LogP contribution in [0.5, 0.6) is 0 Å². The highest BCUT2D eigenvalue weighted by molar-refractivity contribution is 6.03. The molecule has 0 aromatic heterocycles. The van der Waals surface area contributed by atoms with Crippen LogP contribution in [0, 0.1) is 0 Å². The molecule has 16 heavy (non-hydrogen) atoms. The molecule has 1 heterocycles. The second-order valence-electron chi connectivity index (χ2n) is 3.69. The monoisotopic (exact) mass is 219 g/mol. The molecular formula is C12H13NO3. The lowest BCUT2D eigenvalue weighted by Gasteiger charge is -2.27. The fraction of sp³-hybridized carbons (Fsp3) is 0.333. The smallest absolute Gasteiger partial charge is 0.414 e. The van der Waals surface area contributed by atoms with Crippen LogP contribution in [-0.4, -0.2) is 25.0 Å². The van der Waals surface area contributed by atoms with Gasteiger partial charge in [-0.15, -0.1) is 0 Å². The van der Waals surface area contributed by atoms with E-state index < -0.39 is 0 Å². The van der Waals surface area contributed by atoms with Crippen LogP contribution in [0.3, 0.4) is 0 Å². The number of Topliss-reactive ketones (excluding diaryl/α,β-unsaturated/α-hetero) is 1. The van der Waals surface area contributed by atoms with E-state index in [1.807, 2.05) is 6.07 Å². The van der Waals surface area contributed by atoms with E-state index in [0.29, 0.717) is 24.4 Å². The predicted molar refractivity (Wildman–Crippen MR) is 59.8 cm³/mol. The number of amides is 1. The van der Waals surface area contributed by atoms with Crippen molar-refractivity contribution in [3.63, 3.8) is 0 Å². The van der Waals surface area contributed by atoms with Crippen LogP contribution < -0.4 is 4.90 Å². The van der Waals surface area contributed by atoms with E-state index in [-0.39, 0.29) is 11.9 Å². The van der Waals surface area contributed by atoms with Gasteiger partial charge in [0.25, 0.3) is 0 Å². The van der Waals surface area contributed by atoms with E-state index >= 15 is 0 Å². The van der Waals surface area contributed by atoms with Crippen molar-refractivity contribution in [2.75, 3.05) is 18.1 Å². The average molecular weight is 219 g/mol. The van der Waals surface area contributed by atoms with Crippen molar-refractivity contribution in [1.29, 1.82) is 0 Å². The standard InChI is InChI=1S/C12H13NO3/c1-9(14)10-5-2-3-6-11(10)13-7-4-8-16-12(13)15/h2-3,5-6H,4,7-8H2,1H3. The van der Waals surface area contributed by atoms with Crippen molar-refractivity contribution in [3.05, 3.63) is 29.8 Å². The van der Waals surface area contributed by atoms with Gasteiger partial charge in [-0.25, -0.2) is 4.79 Å². The van der Waals surface area contributed by atoms with Crippen LogP contribution in [0.4, 0.5) is 10.5 Å². The second kappa shape index (κ2) is 4.35. The highest BCUT2D eigenvalue weighted by Crippen LogP contribution is 2.23. The Morgan fingerprint density at radius 1 is 1.38 bits per heavy atom. The van der Waals surface area contributed by atoms with Gasteiger partial charge in [0.2, 0.25) is 0 Å². The molecule has 0 N–H and O–H groups in total. The molecule has 0 radical (unpaired) electrons. The van der Waals surface area contributed by atoms with Gasteiger partial charge < -0.3 is 4.74 Å². The molecule has 1 amide bonds. The SMILES string of the molecule is CC(=O)c1ccccc1N1CCCOC1=O. The summed E-state index contributed by atoms with van der Waals surface area (Å²) in [6.07, 6.45) is 0.415. The molecule has 0 atom stereocenters. The summed E-state index contributed by atoms with van der Waals surface area (Å²) in [4.78, 5) is 24.5. The van der Waals surface area contributed by atoms with Gasteiger partial charge in [-0.1, -0.05) is 12.1 Å². The Morgan fingerprint density at radius 2 is 2.12 bits per heavy atom. The van der Waals surface area contributed by atoms with Crippen molar-refractivity contribution in [3.8, 4) is 0 Å². The van der Waals surface area contributed by atoms with Crippen molar-refractivity contribution in [2.24, 2.45) is 0 Å². The summed E-state index contributed by atoms with van der Waals surface area (Å²) in [7, 11) is 0. The van der Waals surface area contributed by atoms with Crippen LogP contribution in [0.25, 0.3) is 0 Å². The Hall–Kier alpha value is -1.84. The Morgan fingerprint density at radius 3 is 2.81 bits per heavy atom. The Balaban J connectivity index is 2.38. The number of ether oxygens (including phenoxy) is 1. The summed E-state index contributed by atoms with van der Waals surface area (Å²) in [6.45, 7) is 2.55. The maximum Gasteiger partial charge on any atom is 0.414 e. The first kappa shape index (κ1) is 10.7. The normalized spacial score (nSPS) is 15.8. The number of para-hydroxylation sites is 1. The third-order valence-electron chi connectivity index (χ3n) is 2.55. The molecule has 1 saturated heterocycles. The second-order valence-corrected chi connectivity index (χ2v) is 3.69. The van der Waals surface area contributed by atoms with Crippen molar-refractivity contribution in [2.45, 2.75) is 13.3 Å². The number of carbonyl (C=O) groups is 2. The van der Waals surface area contributed by atoms with E-state index in [2.05, 4.69) is 0 Å².